The molecule has 1 aromatic rings. The summed E-state index contributed by atoms with van der Waals surface area (Å²) in [4.78, 5) is 21.6. The molecule has 1 aromatic carbocycles. The molecule has 0 aliphatic heterocycles. The molecule has 0 aliphatic rings. The molecule has 3 amide bonds. The van der Waals surface area contributed by atoms with E-state index in [4.69, 9.17) is 17.3 Å². The van der Waals surface area contributed by atoms with Gasteiger partial charge >= 0.3 is 6.03 Å². The van der Waals surface area contributed by atoms with Crippen LogP contribution in [0.1, 0.15) is 10.4 Å². The lowest BCUT2D eigenvalue weighted by Crippen LogP contribution is -2.44. The number of phenols is 1. The van der Waals surface area contributed by atoms with Crippen LogP contribution in [0.3, 0.4) is 0 Å². The van der Waals surface area contributed by atoms with Gasteiger partial charge in [-0.15, -0.1) is 0 Å². The fourth-order valence-corrected chi connectivity index (χ4v) is 1.05. The molecule has 15 heavy (non-hydrogen) atoms. The predicted molar refractivity (Wildman–Crippen MR) is 53.3 cm³/mol. The number of nitrogens with two attached hydrogens (primary N) is 1. The van der Waals surface area contributed by atoms with Crippen molar-refractivity contribution in [2.45, 2.75) is 0 Å². The maximum absolute atomic E-state index is 11.3. The third-order valence-corrected chi connectivity index (χ3v) is 1.74. The summed E-state index contributed by atoms with van der Waals surface area (Å²) in [6.07, 6.45) is 0. The van der Waals surface area contributed by atoms with Crippen molar-refractivity contribution < 1.29 is 14.7 Å². The molecule has 6 nitrogen and oxygen atoms in total. The first kappa shape index (κ1) is 11.1. The van der Waals surface area contributed by atoms with Gasteiger partial charge in [0.05, 0.1) is 5.56 Å². The monoisotopic (exact) mass is 229 g/mol. The number of carbonyl (C=O) groups excluding carboxylic acids is 2. The Kier molecular flexibility index (Phi) is 3.35. The molecule has 5 N–H and O–H groups in total. The number of amides is 3. The lowest BCUT2D eigenvalue weighted by atomic mass is 10.2. The number of carbonyl (C=O) groups is 2. The molecule has 0 aromatic heterocycles. The number of primary amides is 1. The van der Waals surface area contributed by atoms with Gasteiger partial charge in [-0.1, -0.05) is 11.6 Å². The van der Waals surface area contributed by atoms with Crippen LogP contribution < -0.4 is 16.6 Å². The lowest BCUT2D eigenvalue weighted by molar-refractivity contribution is 0.0934. The van der Waals surface area contributed by atoms with E-state index in [1.807, 2.05) is 10.9 Å². The lowest BCUT2D eigenvalue weighted by Gasteiger charge is -2.06. The zero-order valence-electron chi connectivity index (χ0n) is 7.45. The van der Waals surface area contributed by atoms with E-state index in [9.17, 15) is 14.7 Å². The smallest absolute Gasteiger partial charge is 0.330 e. The Balaban J connectivity index is 2.81. The largest absolute Gasteiger partial charge is 0.507 e. The van der Waals surface area contributed by atoms with Crippen molar-refractivity contribution in [3.63, 3.8) is 0 Å². The van der Waals surface area contributed by atoms with Crippen molar-refractivity contribution in [3.8, 4) is 5.75 Å². The van der Waals surface area contributed by atoms with Crippen LogP contribution in [0, 0.1) is 0 Å². The molecule has 7 heteroatoms. The van der Waals surface area contributed by atoms with Gasteiger partial charge < -0.3 is 10.8 Å². The highest BCUT2D eigenvalue weighted by atomic mass is 35.5. The molecule has 0 heterocycles. The number of phenolic OH excluding ortho intramolecular Hbond substituents is 1. The average Bonchev–Trinajstić information content (AvgIpc) is 2.18. The van der Waals surface area contributed by atoms with Crippen LogP contribution in [-0.2, 0) is 0 Å². The molecule has 0 unspecified atom stereocenters. The summed E-state index contributed by atoms with van der Waals surface area (Å²) < 4.78 is 0. The Morgan fingerprint density at radius 3 is 2.60 bits per heavy atom. The minimum atomic E-state index is -0.912. The number of hydrogen-bond acceptors (Lipinski definition) is 3. The van der Waals surface area contributed by atoms with Gasteiger partial charge in [0.25, 0.3) is 5.91 Å². The number of hydrazine groups is 1. The second-order valence-corrected chi connectivity index (χ2v) is 3.04. The Morgan fingerprint density at radius 2 is 2.00 bits per heavy atom. The van der Waals surface area contributed by atoms with Gasteiger partial charge in [-0.25, -0.2) is 10.2 Å². The minimum Gasteiger partial charge on any atom is -0.507 e. The van der Waals surface area contributed by atoms with Crippen molar-refractivity contribution >= 4 is 23.5 Å². The Morgan fingerprint density at radius 1 is 1.33 bits per heavy atom. The quantitative estimate of drug-likeness (QED) is 0.523. The molecular weight excluding hydrogens is 222 g/mol. The first-order chi connectivity index (χ1) is 7.00. The number of nitrogens with one attached hydrogen (secondary N) is 2. The number of halogens is 1. The number of hydrogen-bond donors (Lipinski definition) is 4. The molecular formula is C8H8ClN3O3. The number of benzene rings is 1. The van der Waals surface area contributed by atoms with Crippen LogP contribution in [-0.4, -0.2) is 17.0 Å². The van der Waals surface area contributed by atoms with Gasteiger partial charge in [-0.2, -0.15) is 0 Å². The first-order valence-corrected chi connectivity index (χ1v) is 4.23. The predicted octanol–water partition coefficient (Wildman–Crippen LogP) is 0.359. The SMILES string of the molecule is NC(=O)NNC(=O)c1cc(Cl)ccc1O. The van der Waals surface area contributed by atoms with E-state index in [-0.39, 0.29) is 16.3 Å². The molecule has 0 spiro atoms. The maximum Gasteiger partial charge on any atom is 0.330 e. The van der Waals surface area contributed by atoms with Crippen LogP contribution in [0.15, 0.2) is 18.2 Å². The van der Waals surface area contributed by atoms with Crippen molar-refractivity contribution in [2.24, 2.45) is 5.73 Å². The highest BCUT2D eigenvalue weighted by molar-refractivity contribution is 6.31. The van der Waals surface area contributed by atoms with Crippen molar-refractivity contribution in [3.05, 3.63) is 28.8 Å². The summed E-state index contributed by atoms with van der Waals surface area (Å²) in [6.45, 7) is 0. The average molecular weight is 230 g/mol. The zero-order valence-corrected chi connectivity index (χ0v) is 8.21. The van der Waals surface area contributed by atoms with Crippen LogP contribution in [0.2, 0.25) is 5.02 Å². The summed E-state index contributed by atoms with van der Waals surface area (Å²) in [7, 11) is 0. The van der Waals surface area contributed by atoms with Crippen LogP contribution in [0.25, 0.3) is 0 Å². The van der Waals surface area contributed by atoms with E-state index in [0.717, 1.165) is 0 Å². The second kappa shape index (κ2) is 4.52. The van der Waals surface area contributed by atoms with E-state index in [1.54, 1.807) is 0 Å². The van der Waals surface area contributed by atoms with E-state index in [0.29, 0.717) is 0 Å². The van der Waals surface area contributed by atoms with Crippen molar-refractivity contribution in [1.82, 2.24) is 10.9 Å². The number of urea groups is 1. The Hall–Kier alpha value is -1.95. The van der Waals surface area contributed by atoms with Crippen molar-refractivity contribution in [1.29, 1.82) is 0 Å². The standard InChI is InChI=1S/C8H8ClN3O3/c9-4-1-2-6(13)5(3-4)7(14)11-12-8(10)15/h1-3,13H,(H,11,14)(H3,10,12,15). The molecule has 0 saturated carbocycles. The number of rotatable bonds is 1. The van der Waals surface area contributed by atoms with Crippen LogP contribution in [0.4, 0.5) is 4.79 Å². The van der Waals surface area contributed by atoms with Crippen molar-refractivity contribution in [2.75, 3.05) is 0 Å². The summed E-state index contributed by atoms with van der Waals surface area (Å²) in [6, 6.07) is 3.04. The van der Waals surface area contributed by atoms with Gasteiger partial charge in [-0.3, -0.25) is 10.2 Å². The highest BCUT2D eigenvalue weighted by Crippen LogP contribution is 2.20. The minimum absolute atomic E-state index is 0.0590. The first-order valence-electron chi connectivity index (χ1n) is 3.85. The topological polar surface area (TPSA) is 104 Å². The van der Waals surface area contributed by atoms with Gasteiger partial charge in [0, 0.05) is 5.02 Å². The maximum atomic E-state index is 11.3. The van der Waals surface area contributed by atoms with Crippen LogP contribution in [0.5, 0.6) is 5.75 Å². The zero-order chi connectivity index (χ0) is 11.4. The van der Waals surface area contributed by atoms with E-state index < -0.39 is 11.9 Å². The van der Waals surface area contributed by atoms with E-state index in [1.165, 1.54) is 18.2 Å². The van der Waals surface area contributed by atoms with Gasteiger partial charge in [0.1, 0.15) is 5.75 Å². The van der Waals surface area contributed by atoms with Crippen LogP contribution >= 0.6 is 11.6 Å². The van der Waals surface area contributed by atoms with E-state index in [2.05, 4.69) is 0 Å². The summed E-state index contributed by atoms with van der Waals surface area (Å²) in [5, 5.41) is 9.60. The molecule has 80 valence electrons. The van der Waals surface area contributed by atoms with Gasteiger partial charge in [0.2, 0.25) is 0 Å². The molecule has 0 atom stereocenters. The molecule has 0 fully saturated rings. The fourth-order valence-electron chi connectivity index (χ4n) is 0.876. The molecule has 0 bridgehead atoms. The summed E-state index contributed by atoms with van der Waals surface area (Å²) >= 11 is 5.62. The molecule has 0 aliphatic carbocycles. The normalized spacial score (nSPS) is 9.40. The summed E-state index contributed by atoms with van der Waals surface area (Å²) in [5.41, 5.74) is 8.53. The Bertz CT molecular complexity index is 408. The molecule has 0 radical (unpaired) electrons. The number of aromatic hydroxyl groups is 1. The highest BCUT2D eigenvalue weighted by Gasteiger charge is 2.11. The van der Waals surface area contributed by atoms with Gasteiger partial charge in [0.15, 0.2) is 0 Å². The Labute approximate surface area is 90.0 Å². The second-order valence-electron chi connectivity index (χ2n) is 2.60. The third-order valence-electron chi connectivity index (χ3n) is 1.50. The summed E-state index contributed by atoms with van der Waals surface area (Å²) in [5.74, 6) is -0.961. The molecule has 0 saturated heterocycles. The van der Waals surface area contributed by atoms with Gasteiger partial charge in [-0.05, 0) is 18.2 Å². The molecule has 1 rings (SSSR count). The fraction of sp³-hybridized carbons (Fsp3) is 0. The third kappa shape index (κ3) is 3.03. The van der Waals surface area contributed by atoms with E-state index >= 15 is 0 Å².